The zero-order chi connectivity index (χ0) is 21.9. The quantitative estimate of drug-likeness (QED) is 0.316. The van der Waals surface area contributed by atoms with E-state index in [2.05, 4.69) is 49.5 Å². The third-order valence-corrected chi connectivity index (χ3v) is 5.50. The van der Waals surface area contributed by atoms with E-state index >= 15 is 0 Å². The molecule has 0 atom stereocenters. The maximum Gasteiger partial charge on any atom is 0.159 e. The Morgan fingerprint density at radius 3 is 2.84 bits per heavy atom. The summed E-state index contributed by atoms with van der Waals surface area (Å²) < 4.78 is 5.31. The summed E-state index contributed by atoms with van der Waals surface area (Å²) in [6.07, 6.45) is 7.97. The summed E-state index contributed by atoms with van der Waals surface area (Å²) in [6, 6.07) is 10.0. The van der Waals surface area contributed by atoms with Crippen LogP contribution in [0.1, 0.15) is 25.3 Å². The van der Waals surface area contributed by atoms with Crippen LogP contribution in [-0.4, -0.2) is 43.8 Å². The van der Waals surface area contributed by atoms with Gasteiger partial charge >= 0.3 is 0 Å². The third-order valence-electron chi connectivity index (χ3n) is 5.50. The summed E-state index contributed by atoms with van der Waals surface area (Å²) in [7, 11) is 1.65. The van der Waals surface area contributed by atoms with Gasteiger partial charge in [-0.3, -0.25) is 10.1 Å². The van der Waals surface area contributed by atoms with Crippen molar-refractivity contribution in [2.45, 2.75) is 26.3 Å². The normalized spacial score (nSPS) is 11.4. The number of unbranched alkanes of at least 4 members (excludes halogenated alkanes) is 1. The number of nitrogens with one attached hydrogen (secondary N) is 3. The Bertz CT molecular complexity index is 1370. The molecule has 0 aliphatic carbocycles. The van der Waals surface area contributed by atoms with Gasteiger partial charge in [-0.25, -0.2) is 9.97 Å². The van der Waals surface area contributed by atoms with Gasteiger partial charge in [-0.15, -0.1) is 0 Å². The Morgan fingerprint density at radius 1 is 1.06 bits per heavy atom. The summed E-state index contributed by atoms with van der Waals surface area (Å²) >= 11 is 0. The van der Waals surface area contributed by atoms with Crippen molar-refractivity contribution in [3.8, 4) is 28.4 Å². The number of H-pyrrole nitrogens is 2. The minimum absolute atomic E-state index is 0.686. The number of aromatic nitrogens is 6. The molecule has 5 rings (SSSR count). The lowest BCUT2D eigenvalue weighted by molar-refractivity contribution is 0.415. The molecule has 0 amide bonds. The Labute approximate surface area is 185 Å². The topological polar surface area (TPSA) is 104 Å². The molecule has 3 N–H and O–H groups in total. The van der Waals surface area contributed by atoms with Crippen LogP contribution >= 0.6 is 0 Å². The second kappa shape index (κ2) is 8.76. The zero-order valence-electron chi connectivity index (χ0n) is 18.1. The number of imidazole rings is 1. The van der Waals surface area contributed by atoms with Crippen LogP contribution in [0.25, 0.3) is 44.7 Å². The molecule has 1 aromatic carbocycles. The molecular weight excluding hydrogens is 402 g/mol. The van der Waals surface area contributed by atoms with Crippen LogP contribution in [0.15, 0.2) is 48.9 Å². The molecule has 0 unspecified atom stereocenters. The van der Waals surface area contributed by atoms with E-state index in [0.29, 0.717) is 11.5 Å². The van der Waals surface area contributed by atoms with Crippen molar-refractivity contribution in [2.75, 3.05) is 13.7 Å². The number of nitrogens with zero attached hydrogens (tertiary/aromatic N) is 4. The number of hydrogen-bond acceptors (Lipinski definition) is 6. The van der Waals surface area contributed by atoms with Gasteiger partial charge in [0.05, 0.1) is 23.5 Å². The Balaban J connectivity index is 1.48. The van der Waals surface area contributed by atoms with Crippen LogP contribution in [0.3, 0.4) is 0 Å². The molecule has 0 saturated carbocycles. The van der Waals surface area contributed by atoms with Crippen molar-refractivity contribution in [3.05, 3.63) is 54.5 Å². The van der Waals surface area contributed by atoms with Crippen molar-refractivity contribution >= 4 is 22.1 Å². The predicted molar refractivity (Wildman–Crippen MR) is 125 cm³/mol. The molecule has 162 valence electrons. The molecule has 0 aliphatic rings. The van der Waals surface area contributed by atoms with E-state index in [1.54, 1.807) is 7.11 Å². The number of pyridine rings is 2. The minimum Gasteiger partial charge on any atom is -0.497 e. The van der Waals surface area contributed by atoms with Gasteiger partial charge < -0.3 is 15.0 Å². The SMILES string of the molecule is CCCCNCc1cncc(-c2cnc3[nH]nc(-c4nc5cc(OC)ccc5[nH]4)c3c2)c1. The first-order valence-electron chi connectivity index (χ1n) is 10.8. The van der Waals surface area contributed by atoms with Gasteiger partial charge in [0.1, 0.15) is 11.4 Å². The number of hydrogen-bond donors (Lipinski definition) is 3. The van der Waals surface area contributed by atoms with Crippen LogP contribution in [0, 0.1) is 0 Å². The Hall–Kier alpha value is -3.78. The molecule has 0 bridgehead atoms. The molecule has 8 nitrogen and oxygen atoms in total. The van der Waals surface area contributed by atoms with Crippen molar-refractivity contribution in [1.29, 1.82) is 0 Å². The molecule has 0 spiro atoms. The summed E-state index contributed by atoms with van der Waals surface area (Å²) in [5, 5.41) is 11.9. The minimum atomic E-state index is 0.686. The van der Waals surface area contributed by atoms with Crippen LogP contribution in [0.5, 0.6) is 5.75 Å². The lowest BCUT2D eigenvalue weighted by atomic mass is 10.1. The van der Waals surface area contributed by atoms with Crippen molar-refractivity contribution < 1.29 is 4.74 Å². The van der Waals surface area contributed by atoms with E-state index in [4.69, 9.17) is 9.72 Å². The maximum absolute atomic E-state index is 5.31. The molecular formula is C24H25N7O. The van der Waals surface area contributed by atoms with Gasteiger partial charge in [0, 0.05) is 42.3 Å². The Kier molecular flexibility index (Phi) is 5.51. The summed E-state index contributed by atoms with van der Waals surface area (Å²) in [4.78, 5) is 17.1. The van der Waals surface area contributed by atoms with E-state index in [1.807, 2.05) is 36.8 Å². The third kappa shape index (κ3) is 3.92. The van der Waals surface area contributed by atoms with E-state index in [0.717, 1.165) is 57.6 Å². The van der Waals surface area contributed by atoms with E-state index in [1.165, 1.54) is 12.8 Å². The van der Waals surface area contributed by atoms with Crippen LogP contribution in [-0.2, 0) is 6.54 Å². The van der Waals surface area contributed by atoms with Crippen LogP contribution < -0.4 is 10.1 Å². The van der Waals surface area contributed by atoms with E-state index in [-0.39, 0.29) is 0 Å². The predicted octanol–water partition coefficient (Wildman–Crippen LogP) is 4.46. The Morgan fingerprint density at radius 2 is 1.97 bits per heavy atom. The lowest BCUT2D eigenvalue weighted by Gasteiger charge is -2.06. The van der Waals surface area contributed by atoms with Gasteiger partial charge in [-0.1, -0.05) is 13.3 Å². The van der Waals surface area contributed by atoms with Gasteiger partial charge in [-0.2, -0.15) is 5.10 Å². The monoisotopic (exact) mass is 427 g/mol. The molecule has 0 aliphatic heterocycles. The fraction of sp³-hybridized carbons (Fsp3) is 0.250. The largest absolute Gasteiger partial charge is 0.497 e. The number of methoxy groups -OCH3 is 1. The molecule has 8 heteroatoms. The smallest absolute Gasteiger partial charge is 0.159 e. The summed E-state index contributed by atoms with van der Waals surface area (Å²) in [6.45, 7) is 4.01. The maximum atomic E-state index is 5.31. The second-order valence-corrected chi connectivity index (χ2v) is 7.77. The molecule has 4 heterocycles. The summed E-state index contributed by atoms with van der Waals surface area (Å²) in [5.41, 5.74) is 6.36. The fourth-order valence-corrected chi connectivity index (χ4v) is 3.74. The highest BCUT2D eigenvalue weighted by molar-refractivity contribution is 5.93. The standard InChI is InChI=1S/C24H25N7O/c1-3-4-7-25-11-15-8-16(13-26-12-15)17-9-19-22(30-31-23(19)27-14-17)24-28-20-6-5-18(32-2)10-21(20)29-24/h5-6,8-10,12-14,25H,3-4,7,11H2,1-2H3,(H,28,29)(H,27,30,31). The van der Waals surface area contributed by atoms with Crippen molar-refractivity contribution in [3.63, 3.8) is 0 Å². The van der Waals surface area contributed by atoms with Gasteiger partial charge in [0.25, 0.3) is 0 Å². The van der Waals surface area contributed by atoms with Crippen LogP contribution in [0.4, 0.5) is 0 Å². The number of benzene rings is 1. The number of ether oxygens (including phenoxy) is 1. The number of aromatic amines is 2. The van der Waals surface area contributed by atoms with E-state index in [9.17, 15) is 0 Å². The zero-order valence-corrected chi connectivity index (χ0v) is 18.1. The van der Waals surface area contributed by atoms with Crippen molar-refractivity contribution in [2.24, 2.45) is 0 Å². The fourth-order valence-electron chi connectivity index (χ4n) is 3.74. The highest BCUT2D eigenvalue weighted by atomic mass is 16.5. The van der Waals surface area contributed by atoms with Gasteiger partial charge in [0.2, 0.25) is 0 Å². The first kappa shape index (κ1) is 20.1. The average molecular weight is 428 g/mol. The van der Waals surface area contributed by atoms with Crippen molar-refractivity contribution in [1.82, 2.24) is 35.5 Å². The number of fused-ring (bicyclic) bond motifs is 2. The highest BCUT2D eigenvalue weighted by Crippen LogP contribution is 2.30. The number of rotatable bonds is 8. The van der Waals surface area contributed by atoms with Crippen LogP contribution in [0.2, 0.25) is 0 Å². The first-order chi connectivity index (χ1) is 15.7. The van der Waals surface area contributed by atoms with E-state index < -0.39 is 0 Å². The average Bonchev–Trinajstić information content (AvgIpc) is 3.44. The molecule has 0 saturated heterocycles. The highest BCUT2D eigenvalue weighted by Gasteiger charge is 2.15. The molecule has 32 heavy (non-hydrogen) atoms. The molecule has 5 aromatic rings. The summed E-state index contributed by atoms with van der Waals surface area (Å²) in [5.74, 6) is 1.45. The second-order valence-electron chi connectivity index (χ2n) is 7.77. The molecule has 4 aromatic heterocycles. The molecule has 0 fully saturated rings. The van der Waals surface area contributed by atoms with Gasteiger partial charge in [0.15, 0.2) is 11.5 Å². The lowest BCUT2D eigenvalue weighted by Crippen LogP contribution is -2.14. The first-order valence-corrected chi connectivity index (χ1v) is 10.8. The van der Waals surface area contributed by atoms with Gasteiger partial charge in [-0.05, 0) is 42.8 Å². The molecule has 0 radical (unpaired) electrons.